The van der Waals surface area contributed by atoms with Crippen LogP contribution in [0.3, 0.4) is 0 Å². The fraction of sp³-hybridized carbons (Fsp3) is 0.750. The summed E-state index contributed by atoms with van der Waals surface area (Å²) in [5.41, 5.74) is 10.7. The monoisotopic (exact) mass is 439 g/mol. The first-order chi connectivity index (χ1) is 14.5. The fourth-order valence-corrected chi connectivity index (χ4v) is 3.79. The lowest BCUT2D eigenvalue weighted by Gasteiger charge is -2.28. The lowest BCUT2D eigenvalue weighted by atomic mass is 9.96. The Labute approximate surface area is 183 Å². The molecule has 31 heavy (non-hydrogen) atoms. The molecular formula is C20H37N7O4. The van der Waals surface area contributed by atoms with Gasteiger partial charge in [-0.15, -0.1) is 0 Å². The second-order valence-electron chi connectivity index (χ2n) is 8.40. The van der Waals surface area contributed by atoms with Crippen LogP contribution in [0.4, 0.5) is 0 Å². The van der Waals surface area contributed by atoms with Crippen molar-refractivity contribution in [3.8, 4) is 0 Å². The molecule has 1 saturated carbocycles. The molecule has 0 unspecified atom stereocenters. The molecular weight excluding hydrogens is 402 g/mol. The molecule has 0 aromatic heterocycles. The van der Waals surface area contributed by atoms with E-state index >= 15 is 0 Å². The fourth-order valence-electron chi connectivity index (χ4n) is 3.79. The number of hydrogen-bond acceptors (Lipinski definition) is 5. The van der Waals surface area contributed by atoms with E-state index < -0.39 is 35.8 Å². The van der Waals surface area contributed by atoms with Crippen molar-refractivity contribution in [2.75, 3.05) is 6.54 Å². The summed E-state index contributed by atoms with van der Waals surface area (Å²) in [5, 5.41) is 17.9. The van der Waals surface area contributed by atoms with Crippen LogP contribution in [0.1, 0.15) is 59.3 Å². The molecule has 0 aromatic rings. The van der Waals surface area contributed by atoms with E-state index in [1.54, 1.807) is 13.8 Å². The predicted octanol–water partition coefficient (Wildman–Crippen LogP) is -0.945. The zero-order valence-corrected chi connectivity index (χ0v) is 18.6. The third kappa shape index (κ3) is 9.22. The van der Waals surface area contributed by atoms with Crippen molar-refractivity contribution >= 4 is 29.6 Å². The lowest BCUT2D eigenvalue weighted by molar-refractivity contribution is -0.134. The Bertz CT molecular complexity index is 662. The SMILES string of the molecule is CC(=O)N[C@H](C(=O)N[C@@H](CCCNC(=N)N)C(=O)N[C@H](C(N)=O)C(C)C)C1CCCC1. The topological polar surface area (TPSA) is 192 Å². The molecule has 0 saturated heterocycles. The van der Waals surface area contributed by atoms with Crippen LogP contribution in [0.5, 0.6) is 0 Å². The number of rotatable bonds is 12. The van der Waals surface area contributed by atoms with E-state index in [0.717, 1.165) is 25.7 Å². The highest BCUT2D eigenvalue weighted by Gasteiger charge is 2.34. The maximum Gasteiger partial charge on any atom is 0.243 e. The van der Waals surface area contributed by atoms with E-state index in [-0.39, 0.29) is 30.1 Å². The van der Waals surface area contributed by atoms with E-state index in [1.807, 2.05) is 0 Å². The number of primary amides is 1. The lowest BCUT2D eigenvalue weighted by Crippen LogP contribution is -2.58. The Kier molecular flexibility index (Phi) is 10.8. The van der Waals surface area contributed by atoms with Crippen molar-refractivity contribution in [3.05, 3.63) is 0 Å². The van der Waals surface area contributed by atoms with E-state index in [0.29, 0.717) is 13.0 Å². The third-order valence-electron chi connectivity index (χ3n) is 5.40. The van der Waals surface area contributed by atoms with Gasteiger partial charge in [-0.2, -0.15) is 0 Å². The summed E-state index contributed by atoms with van der Waals surface area (Å²) in [7, 11) is 0. The normalized spacial score (nSPS) is 16.8. The Balaban J connectivity index is 2.92. The third-order valence-corrected chi connectivity index (χ3v) is 5.40. The van der Waals surface area contributed by atoms with Gasteiger partial charge in [0.1, 0.15) is 18.1 Å². The number of amides is 4. The molecule has 3 atom stereocenters. The molecule has 11 heteroatoms. The quantitative estimate of drug-likeness (QED) is 0.116. The number of carbonyl (C=O) groups excluding carboxylic acids is 4. The van der Waals surface area contributed by atoms with Crippen LogP contribution in [-0.2, 0) is 19.2 Å². The average molecular weight is 440 g/mol. The van der Waals surface area contributed by atoms with Crippen LogP contribution in [0.25, 0.3) is 0 Å². The zero-order valence-electron chi connectivity index (χ0n) is 18.6. The largest absolute Gasteiger partial charge is 0.370 e. The summed E-state index contributed by atoms with van der Waals surface area (Å²) in [6.07, 6.45) is 4.32. The minimum atomic E-state index is -0.931. The molecule has 176 valence electrons. The van der Waals surface area contributed by atoms with Crippen LogP contribution in [0, 0.1) is 17.2 Å². The van der Waals surface area contributed by atoms with Crippen molar-refractivity contribution in [2.24, 2.45) is 23.3 Å². The van der Waals surface area contributed by atoms with E-state index in [4.69, 9.17) is 16.9 Å². The molecule has 0 aliphatic heterocycles. The number of guanidine groups is 1. The number of nitrogens with one attached hydrogen (secondary N) is 5. The zero-order chi connectivity index (χ0) is 23.6. The van der Waals surface area contributed by atoms with E-state index in [2.05, 4.69) is 21.3 Å². The Morgan fingerprint density at radius 1 is 1.00 bits per heavy atom. The molecule has 9 N–H and O–H groups in total. The van der Waals surface area contributed by atoms with Crippen LogP contribution < -0.4 is 32.7 Å². The molecule has 1 aliphatic rings. The van der Waals surface area contributed by atoms with Gasteiger partial charge < -0.3 is 32.7 Å². The molecule has 11 nitrogen and oxygen atoms in total. The van der Waals surface area contributed by atoms with Crippen molar-refractivity contribution in [2.45, 2.75) is 77.4 Å². The van der Waals surface area contributed by atoms with Gasteiger partial charge in [0.05, 0.1) is 0 Å². The highest BCUT2D eigenvalue weighted by Crippen LogP contribution is 2.28. The second-order valence-corrected chi connectivity index (χ2v) is 8.40. The highest BCUT2D eigenvalue weighted by molar-refractivity contribution is 5.94. The molecule has 0 spiro atoms. The summed E-state index contributed by atoms with van der Waals surface area (Å²) in [4.78, 5) is 49.2. The van der Waals surface area contributed by atoms with E-state index in [9.17, 15) is 19.2 Å². The highest BCUT2D eigenvalue weighted by atomic mass is 16.2. The Morgan fingerprint density at radius 2 is 1.61 bits per heavy atom. The molecule has 0 bridgehead atoms. The molecule has 1 fully saturated rings. The summed E-state index contributed by atoms with van der Waals surface area (Å²) >= 11 is 0. The number of carbonyl (C=O) groups is 4. The van der Waals surface area contributed by atoms with E-state index in [1.165, 1.54) is 6.92 Å². The summed E-state index contributed by atoms with van der Waals surface area (Å²) in [6, 6.07) is -2.52. The molecule has 0 aromatic carbocycles. The van der Waals surface area contributed by atoms with Gasteiger partial charge >= 0.3 is 0 Å². The van der Waals surface area contributed by atoms with Gasteiger partial charge in [-0.25, -0.2) is 0 Å². The second kappa shape index (κ2) is 12.8. The molecule has 0 radical (unpaired) electrons. The minimum absolute atomic E-state index is 0.0148. The summed E-state index contributed by atoms with van der Waals surface area (Å²) < 4.78 is 0. The van der Waals surface area contributed by atoms with Crippen molar-refractivity contribution in [1.82, 2.24) is 21.3 Å². The number of nitrogens with two attached hydrogens (primary N) is 2. The smallest absolute Gasteiger partial charge is 0.243 e. The Hall–Kier alpha value is -2.85. The van der Waals surface area contributed by atoms with Gasteiger partial charge in [-0.3, -0.25) is 24.6 Å². The van der Waals surface area contributed by atoms with Gasteiger partial charge in [-0.05, 0) is 37.5 Å². The number of hydrogen-bond donors (Lipinski definition) is 7. The van der Waals surface area contributed by atoms with Crippen LogP contribution in [-0.4, -0.2) is 54.3 Å². The van der Waals surface area contributed by atoms with Gasteiger partial charge in [-0.1, -0.05) is 26.7 Å². The first-order valence-corrected chi connectivity index (χ1v) is 10.8. The molecule has 1 aliphatic carbocycles. The minimum Gasteiger partial charge on any atom is -0.370 e. The Morgan fingerprint density at radius 3 is 2.10 bits per heavy atom. The van der Waals surface area contributed by atoms with Crippen molar-refractivity contribution in [3.63, 3.8) is 0 Å². The maximum atomic E-state index is 13.0. The summed E-state index contributed by atoms with van der Waals surface area (Å²) in [5.74, 6) is -2.32. The van der Waals surface area contributed by atoms with Gasteiger partial charge in [0.25, 0.3) is 0 Å². The van der Waals surface area contributed by atoms with Crippen molar-refractivity contribution < 1.29 is 19.2 Å². The molecule has 4 amide bonds. The summed E-state index contributed by atoms with van der Waals surface area (Å²) in [6.45, 7) is 5.21. The molecule has 0 heterocycles. The van der Waals surface area contributed by atoms with Crippen LogP contribution in [0.2, 0.25) is 0 Å². The van der Waals surface area contributed by atoms with Gasteiger partial charge in [0.2, 0.25) is 23.6 Å². The predicted molar refractivity (Wildman–Crippen MR) is 117 cm³/mol. The standard InChI is InChI=1S/C20H37N7O4/c1-11(2)15(17(21)29)27-18(30)14(9-6-10-24-20(22)23)26-19(31)16(25-12(3)28)13-7-4-5-8-13/h11,13-16H,4-10H2,1-3H3,(H2,21,29)(H,25,28)(H,26,31)(H,27,30)(H4,22,23,24)/t14-,15-,16-/m0/s1. The first kappa shape index (κ1) is 26.2. The first-order valence-electron chi connectivity index (χ1n) is 10.8. The van der Waals surface area contributed by atoms with Gasteiger partial charge in [0, 0.05) is 13.5 Å². The van der Waals surface area contributed by atoms with Gasteiger partial charge in [0.15, 0.2) is 5.96 Å². The van der Waals surface area contributed by atoms with Crippen molar-refractivity contribution in [1.29, 1.82) is 5.41 Å². The molecule has 1 rings (SSSR count). The average Bonchev–Trinajstić information content (AvgIpc) is 3.19. The van der Waals surface area contributed by atoms with Crippen LogP contribution >= 0.6 is 0 Å². The maximum absolute atomic E-state index is 13.0. The van der Waals surface area contributed by atoms with Crippen LogP contribution in [0.15, 0.2) is 0 Å².